The van der Waals surface area contributed by atoms with Crippen LogP contribution in [0.3, 0.4) is 0 Å². The fraction of sp³-hybridized carbons (Fsp3) is 0.611. The molecule has 0 spiro atoms. The van der Waals surface area contributed by atoms with Crippen molar-refractivity contribution < 1.29 is 18.8 Å². The molecule has 4 rings (SSSR count). The van der Waals surface area contributed by atoms with Crippen LogP contribution in [-0.2, 0) is 15.9 Å². The van der Waals surface area contributed by atoms with Crippen LogP contribution in [0.5, 0.6) is 0 Å². The van der Waals surface area contributed by atoms with Crippen molar-refractivity contribution in [3.63, 3.8) is 0 Å². The summed E-state index contributed by atoms with van der Waals surface area (Å²) in [6, 6.07) is 0. The maximum Gasteiger partial charge on any atom is 0.410 e. The van der Waals surface area contributed by atoms with E-state index in [1.54, 1.807) is 23.5 Å². The number of carbonyl (C=O) groups is 1. The smallest absolute Gasteiger partial charge is 0.410 e. The molecule has 2 aromatic heterocycles. The average Bonchev–Trinajstić information content (AvgIpc) is 3.18. The third kappa shape index (κ3) is 4.60. The van der Waals surface area contributed by atoms with Crippen molar-refractivity contribution >= 4 is 6.09 Å². The minimum absolute atomic E-state index is 0.0305. The summed E-state index contributed by atoms with van der Waals surface area (Å²) >= 11 is 0. The molecule has 1 unspecified atom stereocenters. The Morgan fingerprint density at radius 2 is 2.15 bits per heavy atom. The summed E-state index contributed by atoms with van der Waals surface area (Å²) < 4.78 is 16.3. The number of hydrogen-bond acceptors (Lipinski definition) is 8. The first-order chi connectivity index (χ1) is 13.3. The highest BCUT2D eigenvalue weighted by atomic mass is 16.6. The van der Waals surface area contributed by atoms with Gasteiger partial charge in [-0.2, -0.15) is 4.98 Å². The zero-order valence-electron chi connectivity index (χ0n) is 15.1. The Labute approximate surface area is 157 Å². The van der Waals surface area contributed by atoms with Crippen molar-refractivity contribution in [2.75, 3.05) is 26.3 Å². The van der Waals surface area contributed by atoms with Crippen molar-refractivity contribution in [3.8, 4) is 11.5 Å². The molecule has 1 atom stereocenters. The third-order valence-electron chi connectivity index (χ3n) is 4.94. The van der Waals surface area contributed by atoms with Crippen molar-refractivity contribution in [3.05, 3.63) is 24.5 Å². The molecule has 2 aliphatic heterocycles. The molecule has 2 saturated heterocycles. The number of carbonyl (C=O) groups excluding carboxylic acids is 1. The molecule has 2 fully saturated rings. The molecular weight excluding hydrogens is 350 g/mol. The van der Waals surface area contributed by atoms with Crippen molar-refractivity contribution in [2.24, 2.45) is 5.92 Å². The van der Waals surface area contributed by atoms with Crippen LogP contribution in [0.2, 0.25) is 0 Å². The first-order valence-corrected chi connectivity index (χ1v) is 9.40. The minimum atomic E-state index is -0.225. The van der Waals surface area contributed by atoms with Gasteiger partial charge < -0.3 is 18.9 Å². The van der Waals surface area contributed by atoms with E-state index in [0.29, 0.717) is 43.6 Å². The number of ether oxygens (including phenoxy) is 2. The quantitative estimate of drug-likeness (QED) is 0.802. The van der Waals surface area contributed by atoms with Crippen LogP contribution in [0.1, 0.15) is 31.6 Å². The van der Waals surface area contributed by atoms with Gasteiger partial charge >= 0.3 is 6.09 Å². The number of likely N-dealkylation sites (tertiary alicyclic amines) is 1. The van der Waals surface area contributed by atoms with Gasteiger partial charge in [0.2, 0.25) is 11.7 Å². The highest BCUT2D eigenvalue weighted by Crippen LogP contribution is 2.23. The molecular formula is C18H23N5O4. The molecule has 144 valence electrons. The lowest BCUT2D eigenvalue weighted by Crippen LogP contribution is -2.42. The lowest BCUT2D eigenvalue weighted by atomic mass is 9.95. The van der Waals surface area contributed by atoms with Crippen molar-refractivity contribution in [1.82, 2.24) is 25.0 Å². The normalized spacial score (nSPS) is 21.2. The SMILES string of the molecule is O=C(OC1CCOCC1)N1CCCC(Cc2nc(-c3cnccn3)no2)C1. The lowest BCUT2D eigenvalue weighted by Gasteiger charge is -2.33. The Balaban J connectivity index is 1.32. The summed E-state index contributed by atoms with van der Waals surface area (Å²) in [4.78, 5) is 26.8. The molecule has 2 aliphatic rings. The van der Waals surface area contributed by atoms with E-state index in [9.17, 15) is 4.79 Å². The van der Waals surface area contributed by atoms with E-state index >= 15 is 0 Å². The van der Waals surface area contributed by atoms with Gasteiger partial charge in [-0.1, -0.05) is 5.16 Å². The number of rotatable bonds is 4. The molecule has 0 N–H and O–H groups in total. The largest absolute Gasteiger partial charge is 0.446 e. The molecule has 9 heteroatoms. The summed E-state index contributed by atoms with van der Waals surface area (Å²) in [6.45, 7) is 2.69. The highest BCUT2D eigenvalue weighted by Gasteiger charge is 2.28. The van der Waals surface area contributed by atoms with Gasteiger partial charge in [0.05, 0.1) is 19.4 Å². The first kappa shape index (κ1) is 17.8. The molecule has 0 bridgehead atoms. The lowest BCUT2D eigenvalue weighted by molar-refractivity contribution is -0.0139. The Bertz CT molecular complexity index is 747. The van der Waals surface area contributed by atoms with Crippen LogP contribution in [0.15, 0.2) is 23.1 Å². The fourth-order valence-electron chi connectivity index (χ4n) is 3.51. The standard InChI is InChI=1S/C18H23N5O4/c24-18(26-14-3-8-25-9-4-14)23-7-1-2-13(12-23)10-16-21-17(22-27-16)15-11-19-5-6-20-15/h5-6,11,13-14H,1-4,7-10,12H2. The van der Waals surface area contributed by atoms with Crippen molar-refractivity contribution in [2.45, 2.75) is 38.2 Å². The summed E-state index contributed by atoms with van der Waals surface area (Å²) in [7, 11) is 0. The predicted octanol–water partition coefficient (Wildman–Crippen LogP) is 2.10. The van der Waals surface area contributed by atoms with Crippen LogP contribution >= 0.6 is 0 Å². The molecule has 0 aliphatic carbocycles. The molecule has 0 aromatic carbocycles. The van der Waals surface area contributed by atoms with Crippen LogP contribution in [0.4, 0.5) is 4.79 Å². The van der Waals surface area contributed by atoms with Gasteiger partial charge in [0.15, 0.2) is 0 Å². The summed E-state index contributed by atoms with van der Waals surface area (Å²) in [5, 5.41) is 3.98. The second kappa shape index (κ2) is 8.43. The Hall–Kier alpha value is -2.55. The summed E-state index contributed by atoms with van der Waals surface area (Å²) in [5.41, 5.74) is 0.581. The fourth-order valence-corrected chi connectivity index (χ4v) is 3.51. The van der Waals surface area contributed by atoms with Gasteiger partial charge in [0.25, 0.3) is 0 Å². The summed E-state index contributed by atoms with van der Waals surface area (Å²) in [6.07, 6.45) is 8.68. The minimum Gasteiger partial charge on any atom is -0.446 e. The Kier molecular flexibility index (Phi) is 5.57. The van der Waals surface area contributed by atoms with Gasteiger partial charge in [-0.05, 0) is 18.8 Å². The predicted molar refractivity (Wildman–Crippen MR) is 93.6 cm³/mol. The van der Waals surface area contributed by atoms with Crippen LogP contribution in [0, 0.1) is 5.92 Å². The molecule has 2 aromatic rings. The van der Waals surface area contributed by atoms with E-state index in [-0.39, 0.29) is 18.1 Å². The molecule has 1 amide bonds. The molecule has 27 heavy (non-hydrogen) atoms. The van der Waals surface area contributed by atoms with Gasteiger partial charge in [-0.15, -0.1) is 0 Å². The third-order valence-corrected chi connectivity index (χ3v) is 4.94. The number of hydrogen-bond donors (Lipinski definition) is 0. The van der Waals surface area contributed by atoms with Crippen molar-refractivity contribution in [1.29, 1.82) is 0 Å². The zero-order valence-corrected chi connectivity index (χ0v) is 15.1. The van der Waals surface area contributed by atoms with Crippen LogP contribution in [0.25, 0.3) is 11.5 Å². The van der Waals surface area contributed by atoms with Gasteiger partial charge in [-0.3, -0.25) is 4.98 Å². The van der Waals surface area contributed by atoms with E-state index < -0.39 is 0 Å². The Morgan fingerprint density at radius 1 is 1.26 bits per heavy atom. The second-order valence-electron chi connectivity index (χ2n) is 6.96. The molecule has 0 saturated carbocycles. The summed E-state index contributed by atoms with van der Waals surface area (Å²) in [5.74, 6) is 1.26. The van der Waals surface area contributed by atoms with Gasteiger partial charge in [0, 0.05) is 44.7 Å². The van der Waals surface area contributed by atoms with Gasteiger partial charge in [0.1, 0.15) is 11.8 Å². The topological polar surface area (TPSA) is 103 Å². The number of piperidine rings is 1. The maximum atomic E-state index is 12.4. The second-order valence-corrected chi connectivity index (χ2v) is 6.96. The number of aromatic nitrogens is 4. The monoisotopic (exact) mass is 373 g/mol. The average molecular weight is 373 g/mol. The van der Waals surface area contributed by atoms with E-state index in [0.717, 1.165) is 32.2 Å². The van der Waals surface area contributed by atoms with E-state index in [4.69, 9.17) is 14.0 Å². The number of amides is 1. The van der Waals surface area contributed by atoms with E-state index in [1.807, 2.05) is 0 Å². The Morgan fingerprint density at radius 3 is 2.96 bits per heavy atom. The zero-order chi connectivity index (χ0) is 18.5. The molecule has 0 radical (unpaired) electrons. The van der Waals surface area contributed by atoms with Crippen LogP contribution < -0.4 is 0 Å². The maximum absolute atomic E-state index is 12.4. The van der Waals surface area contributed by atoms with Gasteiger partial charge in [-0.25, -0.2) is 9.78 Å². The molecule has 9 nitrogen and oxygen atoms in total. The van der Waals surface area contributed by atoms with Crippen LogP contribution in [-0.4, -0.2) is 63.5 Å². The number of nitrogens with zero attached hydrogens (tertiary/aromatic N) is 5. The van der Waals surface area contributed by atoms with E-state index in [2.05, 4.69) is 20.1 Å². The molecule has 4 heterocycles. The first-order valence-electron chi connectivity index (χ1n) is 9.40. The van der Waals surface area contributed by atoms with E-state index in [1.165, 1.54) is 0 Å². The highest BCUT2D eigenvalue weighted by molar-refractivity contribution is 5.68.